The van der Waals surface area contributed by atoms with E-state index in [2.05, 4.69) is 9.88 Å². The highest BCUT2D eigenvalue weighted by atomic mass is 35.5. The fraction of sp³-hybridized carbons (Fsp3) is 0.750. The number of aryl methyl sites for hydroxylation is 1. The number of ether oxygens (including phenoxy) is 1. The lowest BCUT2D eigenvalue weighted by Crippen LogP contribution is -2.60. The number of fused-ring (bicyclic) bond motifs is 1. The maximum absolute atomic E-state index is 12.9. The molecule has 0 amide bonds. The van der Waals surface area contributed by atoms with E-state index in [1.165, 1.54) is 15.2 Å². The summed E-state index contributed by atoms with van der Waals surface area (Å²) in [5.74, 6) is 0. The van der Waals surface area contributed by atoms with Gasteiger partial charge in [-0.3, -0.25) is 0 Å². The van der Waals surface area contributed by atoms with E-state index in [0.29, 0.717) is 19.7 Å². The van der Waals surface area contributed by atoms with E-state index < -0.39 is 10.0 Å². The van der Waals surface area contributed by atoms with Gasteiger partial charge < -0.3 is 14.2 Å². The second-order valence-corrected chi connectivity index (χ2v) is 7.76. The number of sulfonamides is 1. The highest BCUT2D eigenvalue weighted by Crippen LogP contribution is 2.30. The van der Waals surface area contributed by atoms with Crippen molar-refractivity contribution >= 4 is 21.6 Å². The molecule has 1 aromatic heterocycles. The van der Waals surface area contributed by atoms with E-state index >= 15 is 0 Å². The van der Waals surface area contributed by atoms with Crippen molar-refractivity contribution in [3.8, 4) is 0 Å². The monoisotopic (exact) mass is 334 g/mol. The zero-order chi connectivity index (χ0) is 15.2. The van der Waals surface area contributed by atoms with Crippen LogP contribution in [-0.4, -0.2) is 72.6 Å². The van der Waals surface area contributed by atoms with Crippen molar-refractivity contribution in [3.63, 3.8) is 0 Å². The number of imidazole rings is 1. The van der Waals surface area contributed by atoms with E-state index in [-0.39, 0.29) is 22.3 Å². The maximum Gasteiger partial charge on any atom is 0.264 e. The summed E-state index contributed by atoms with van der Waals surface area (Å²) in [7, 11) is -0.0420. The summed E-state index contributed by atoms with van der Waals surface area (Å²) in [6.45, 7) is 2.33. The highest BCUT2D eigenvalue weighted by Gasteiger charge is 2.43. The van der Waals surface area contributed by atoms with Crippen molar-refractivity contribution in [3.05, 3.63) is 11.5 Å². The molecule has 118 valence electrons. The quantitative estimate of drug-likeness (QED) is 0.771. The third-order valence-electron chi connectivity index (χ3n) is 4.12. The number of halogens is 1. The van der Waals surface area contributed by atoms with Gasteiger partial charge in [-0.05, 0) is 13.5 Å². The molecule has 7 nitrogen and oxygen atoms in total. The van der Waals surface area contributed by atoms with Crippen molar-refractivity contribution in [1.82, 2.24) is 18.8 Å². The average molecular weight is 335 g/mol. The molecule has 0 bridgehead atoms. The minimum atomic E-state index is -3.70. The summed E-state index contributed by atoms with van der Waals surface area (Å²) in [6, 6.07) is -0.180. The lowest BCUT2D eigenvalue weighted by atomic mass is 10.0. The first-order valence-corrected chi connectivity index (χ1v) is 8.72. The lowest BCUT2D eigenvalue weighted by molar-refractivity contribution is -0.0720. The van der Waals surface area contributed by atoms with Gasteiger partial charge in [0.2, 0.25) is 5.03 Å². The van der Waals surface area contributed by atoms with Gasteiger partial charge in [0.15, 0.2) is 0 Å². The smallest absolute Gasteiger partial charge is 0.264 e. The van der Waals surface area contributed by atoms with Crippen LogP contribution < -0.4 is 0 Å². The molecule has 0 N–H and O–H groups in total. The van der Waals surface area contributed by atoms with E-state index in [1.54, 1.807) is 7.05 Å². The first-order valence-electron chi connectivity index (χ1n) is 6.90. The Labute approximate surface area is 129 Å². The molecule has 0 saturated carbocycles. The van der Waals surface area contributed by atoms with Crippen LogP contribution in [0.15, 0.2) is 11.4 Å². The highest BCUT2D eigenvalue weighted by molar-refractivity contribution is 7.89. The molecule has 3 heterocycles. The van der Waals surface area contributed by atoms with Crippen molar-refractivity contribution in [2.24, 2.45) is 7.05 Å². The van der Waals surface area contributed by atoms with Crippen LogP contribution >= 0.6 is 11.6 Å². The lowest BCUT2D eigenvalue weighted by Gasteiger charge is -2.45. The summed E-state index contributed by atoms with van der Waals surface area (Å²) < 4.78 is 34.5. The van der Waals surface area contributed by atoms with Crippen LogP contribution in [0.3, 0.4) is 0 Å². The summed E-state index contributed by atoms with van der Waals surface area (Å²) >= 11 is 6.07. The van der Waals surface area contributed by atoms with Crippen molar-refractivity contribution < 1.29 is 13.2 Å². The van der Waals surface area contributed by atoms with E-state index in [4.69, 9.17) is 16.3 Å². The van der Waals surface area contributed by atoms with Crippen LogP contribution in [0.2, 0.25) is 5.15 Å². The Kier molecular flexibility index (Phi) is 4.00. The van der Waals surface area contributed by atoms with E-state index in [9.17, 15) is 8.42 Å². The second-order valence-electron chi connectivity index (χ2n) is 5.59. The molecule has 0 unspecified atom stereocenters. The van der Waals surface area contributed by atoms with Crippen molar-refractivity contribution in [2.75, 3.05) is 33.3 Å². The molecule has 3 rings (SSSR count). The molecule has 21 heavy (non-hydrogen) atoms. The van der Waals surface area contributed by atoms with Gasteiger partial charge in [0.05, 0.1) is 25.1 Å². The van der Waals surface area contributed by atoms with Gasteiger partial charge in [0.25, 0.3) is 10.0 Å². The summed E-state index contributed by atoms with van der Waals surface area (Å²) in [5.41, 5.74) is 0. The average Bonchev–Trinajstić information content (AvgIpc) is 2.78. The second kappa shape index (κ2) is 5.51. The van der Waals surface area contributed by atoms with Crippen LogP contribution in [-0.2, 0) is 21.8 Å². The fourth-order valence-electron chi connectivity index (χ4n) is 2.98. The van der Waals surface area contributed by atoms with Gasteiger partial charge >= 0.3 is 0 Å². The van der Waals surface area contributed by atoms with Gasteiger partial charge in [-0.15, -0.1) is 0 Å². The SMILES string of the molecule is CN1CC[C@H]2OCCN(S(=O)(=O)c3ncn(C)c3Cl)[C@H]2C1. The number of likely N-dealkylation sites (tertiary alicyclic amines) is 1. The molecule has 0 aliphatic carbocycles. The minimum Gasteiger partial charge on any atom is -0.375 e. The first kappa shape index (κ1) is 15.2. The van der Waals surface area contributed by atoms with Gasteiger partial charge in [-0.1, -0.05) is 11.6 Å². The molecule has 2 aliphatic heterocycles. The van der Waals surface area contributed by atoms with Crippen LogP contribution in [0, 0.1) is 0 Å². The van der Waals surface area contributed by atoms with Gasteiger partial charge in [-0.2, -0.15) is 4.31 Å². The first-order chi connectivity index (χ1) is 9.91. The van der Waals surface area contributed by atoms with Crippen LogP contribution in [0.25, 0.3) is 0 Å². The zero-order valence-electron chi connectivity index (χ0n) is 12.1. The number of nitrogens with zero attached hydrogens (tertiary/aromatic N) is 4. The van der Waals surface area contributed by atoms with E-state index in [1.807, 2.05) is 7.05 Å². The number of morpholine rings is 1. The number of rotatable bonds is 2. The molecule has 1 aromatic rings. The molecule has 9 heteroatoms. The normalized spacial score (nSPS) is 28.5. The largest absolute Gasteiger partial charge is 0.375 e. The molecule has 2 saturated heterocycles. The van der Waals surface area contributed by atoms with Gasteiger partial charge in [-0.25, -0.2) is 13.4 Å². The minimum absolute atomic E-state index is 0.0489. The van der Waals surface area contributed by atoms with Crippen LogP contribution in [0.5, 0.6) is 0 Å². The molecule has 2 atom stereocenters. The summed E-state index contributed by atoms with van der Waals surface area (Å²) in [5, 5.41) is 0.0720. The van der Waals surface area contributed by atoms with Gasteiger partial charge in [0, 0.05) is 26.7 Å². The van der Waals surface area contributed by atoms with Crippen LogP contribution in [0.1, 0.15) is 6.42 Å². The fourth-order valence-corrected chi connectivity index (χ4v) is 4.99. The third kappa shape index (κ3) is 2.59. The Balaban J connectivity index is 1.95. The number of piperidine rings is 1. The molecule has 2 aliphatic rings. The molecule has 0 aromatic carbocycles. The predicted octanol–water partition coefficient (Wildman–Crippen LogP) is 0.167. The predicted molar refractivity (Wildman–Crippen MR) is 77.8 cm³/mol. The maximum atomic E-state index is 12.9. The van der Waals surface area contributed by atoms with Gasteiger partial charge in [0.1, 0.15) is 5.15 Å². The Morgan fingerprint density at radius 3 is 2.81 bits per heavy atom. The Morgan fingerprint density at radius 1 is 1.38 bits per heavy atom. The molecular formula is C12H19ClN4O3S. The Morgan fingerprint density at radius 2 is 2.14 bits per heavy atom. The van der Waals surface area contributed by atoms with E-state index in [0.717, 1.165) is 13.0 Å². The Hall–Kier alpha value is -0.670. The molecule has 0 spiro atoms. The molecular weight excluding hydrogens is 316 g/mol. The summed E-state index contributed by atoms with van der Waals surface area (Å²) in [4.78, 5) is 6.09. The van der Waals surface area contributed by atoms with Crippen molar-refractivity contribution in [2.45, 2.75) is 23.6 Å². The Bertz CT molecular complexity index is 632. The topological polar surface area (TPSA) is 67.7 Å². The molecule has 0 radical (unpaired) electrons. The number of likely N-dealkylation sites (N-methyl/N-ethyl adjacent to an activating group) is 1. The number of hydrogen-bond acceptors (Lipinski definition) is 5. The third-order valence-corrected chi connectivity index (χ3v) is 6.54. The number of hydrogen-bond donors (Lipinski definition) is 0. The zero-order valence-corrected chi connectivity index (χ0v) is 13.6. The summed E-state index contributed by atoms with van der Waals surface area (Å²) in [6.07, 6.45) is 2.20. The number of aromatic nitrogens is 2. The molecule has 2 fully saturated rings. The standard InChI is InChI=1S/C12H19ClN4O3S/c1-15-4-3-10-9(7-15)17(5-6-20-10)21(18,19)12-11(13)16(2)8-14-12/h8-10H,3-7H2,1-2H3/t9-,10+/m0/s1. The van der Waals surface area contributed by atoms with Crippen molar-refractivity contribution in [1.29, 1.82) is 0 Å². The van der Waals surface area contributed by atoms with Crippen LogP contribution in [0.4, 0.5) is 0 Å².